The number of alkyl halides is 3. The Labute approximate surface area is 99.6 Å². The van der Waals surface area contributed by atoms with Gasteiger partial charge in [0, 0.05) is 11.9 Å². The minimum Gasteiger partial charge on any atom is -0.399 e. The average Bonchev–Trinajstić information content (AvgIpc) is 2.63. The lowest BCUT2D eigenvalue weighted by Gasteiger charge is -2.13. The third-order valence-electron chi connectivity index (χ3n) is 2.12. The Morgan fingerprint density at radius 3 is 2.53 bits per heavy atom. The number of benzene rings is 1. The first-order chi connectivity index (χ1) is 7.88. The van der Waals surface area contributed by atoms with Crippen molar-refractivity contribution in [1.82, 2.24) is 9.78 Å². The zero-order valence-corrected chi connectivity index (χ0v) is 9.13. The highest BCUT2D eigenvalue weighted by Gasteiger charge is 2.34. The number of nitrogen functional groups attached to an aromatic ring is 1. The van der Waals surface area contributed by atoms with Gasteiger partial charge in [0.15, 0.2) is 0 Å². The predicted octanol–water partition coefficient (Wildman–Crippen LogP) is 3.13. The molecule has 0 radical (unpaired) electrons. The van der Waals surface area contributed by atoms with Crippen molar-refractivity contribution in [3.63, 3.8) is 0 Å². The summed E-state index contributed by atoms with van der Waals surface area (Å²) in [6.45, 7) is 0. The van der Waals surface area contributed by atoms with E-state index in [1.54, 1.807) is 0 Å². The maximum Gasteiger partial charge on any atom is 0.418 e. The minimum atomic E-state index is -4.50. The van der Waals surface area contributed by atoms with Gasteiger partial charge in [-0.3, -0.25) is 0 Å². The van der Waals surface area contributed by atoms with Gasteiger partial charge in [-0.2, -0.15) is 18.3 Å². The Kier molecular flexibility index (Phi) is 2.74. The van der Waals surface area contributed by atoms with Gasteiger partial charge in [0.05, 0.1) is 22.5 Å². The molecule has 7 heteroatoms. The zero-order valence-electron chi connectivity index (χ0n) is 8.37. The van der Waals surface area contributed by atoms with Crippen LogP contribution in [0.2, 0.25) is 5.02 Å². The summed E-state index contributed by atoms with van der Waals surface area (Å²) in [4.78, 5) is 0. The molecule has 0 bridgehead atoms. The average molecular weight is 262 g/mol. The van der Waals surface area contributed by atoms with Crippen LogP contribution in [0.25, 0.3) is 5.69 Å². The molecule has 0 aliphatic heterocycles. The molecule has 1 aromatic carbocycles. The molecule has 17 heavy (non-hydrogen) atoms. The van der Waals surface area contributed by atoms with Crippen molar-refractivity contribution in [2.45, 2.75) is 6.18 Å². The lowest BCUT2D eigenvalue weighted by Crippen LogP contribution is -2.11. The second-order valence-electron chi connectivity index (χ2n) is 3.38. The maximum atomic E-state index is 12.8. The fourth-order valence-electron chi connectivity index (χ4n) is 1.41. The van der Waals surface area contributed by atoms with Gasteiger partial charge in [0.1, 0.15) is 0 Å². The summed E-state index contributed by atoms with van der Waals surface area (Å²) < 4.78 is 39.4. The Balaban J connectivity index is 2.61. The molecule has 0 amide bonds. The summed E-state index contributed by atoms with van der Waals surface area (Å²) in [5.41, 5.74) is 4.43. The lowest BCUT2D eigenvalue weighted by molar-refractivity contribution is -0.137. The van der Waals surface area contributed by atoms with Crippen molar-refractivity contribution < 1.29 is 13.2 Å². The Hall–Kier alpha value is -1.69. The van der Waals surface area contributed by atoms with Crippen LogP contribution in [0.5, 0.6) is 0 Å². The van der Waals surface area contributed by atoms with Crippen molar-refractivity contribution in [2.24, 2.45) is 0 Å². The quantitative estimate of drug-likeness (QED) is 0.802. The predicted molar refractivity (Wildman–Crippen MR) is 58.0 cm³/mol. The smallest absolute Gasteiger partial charge is 0.399 e. The van der Waals surface area contributed by atoms with E-state index in [4.69, 9.17) is 17.3 Å². The van der Waals surface area contributed by atoms with Crippen LogP contribution in [-0.4, -0.2) is 9.78 Å². The van der Waals surface area contributed by atoms with Gasteiger partial charge in [-0.25, -0.2) is 4.68 Å². The maximum absolute atomic E-state index is 12.8. The molecular weight excluding hydrogens is 255 g/mol. The van der Waals surface area contributed by atoms with Gasteiger partial charge in [0.25, 0.3) is 0 Å². The zero-order chi connectivity index (χ0) is 12.6. The number of halogens is 4. The second-order valence-corrected chi connectivity index (χ2v) is 3.81. The molecule has 2 aromatic rings. The van der Waals surface area contributed by atoms with Crippen LogP contribution >= 0.6 is 11.6 Å². The number of aromatic nitrogens is 2. The van der Waals surface area contributed by atoms with E-state index in [-0.39, 0.29) is 16.4 Å². The van der Waals surface area contributed by atoms with Crippen LogP contribution in [0.3, 0.4) is 0 Å². The summed E-state index contributed by atoms with van der Waals surface area (Å²) in [5.74, 6) is 0. The van der Waals surface area contributed by atoms with Crippen molar-refractivity contribution in [2.75, 3.05) is 5.73 Å². The standard InChI is InChI=1S/C10H7ClF3N3/c11-6-4-16-17(5-6)9-2-1-7(15)3-8(9)10(12,13)14/h1-5H,15H2. The molecule has 2 rings (SSSR count). The number of hydrogen-bond acceptors (Lipinski definition) is 2. The highest BCUT2D eigenvalue weighted by molar-refractivity contribution is 6.30. The summed E-state index contributed by atoms with van der Waals surface area (Å²) in [6, 6.07) is 3.49. The minimum absolute atomic E-state index is 0.0410. The van der Waals surface area contributed by atoms with Crippen LogP contribution in [0.1, 0.15) is 5.56 Å². The van der Waals surface area contributed by atoms with Crippen LogP contribution in [0, 0.1) is 0 Å². The van der Waals surface area contributed by atoms with Gasteiger partial charge in [-0.05, 0) is 18.2 Å². The van der Waals surface area contributed by atoms with Gasteiger partial charge in [-0.1, -0.05) is 11.6 Å². The van der Waals surface area contributed by atoms with E-state index >= 15 is 0 Å². The van der Waals surface area contributed by atoms with E-state index in [0.29, 0.717) is 0 Å². The van der Waals surface area contributed by atoms with Crippen LogP contribution in [0.15, 0.2) is 30.6 Å². The summed E-state index contributed by atoms with van der Waals surface area (Å²) in [5, 5.41) is 3.99. The van der Waals surface area contributed by atoms with Gasteiger partial charge in [-0.15, -0.1) is 0 Å². The SMILES string of the molecule is Nc1ccc(-n2cc(Cl)cn2)c(C(F)(F)F)c1. The van der Waals surface area contributed by atoms with Crippen LogP contribution in [0.4, 0.5) is 18.9 Å². The molecule has 0 atom stereocenters. The monoisotopic (exact) mass is 261 g/mol. The molecule has 0 fully saturated rings. The van der Waals surface area contributed by atoms with Gasteiger partial charge >= 0.3 is 6.18 Å². The molecule has 3 nitrogen and oxygen atoms in total. The number of rotatable bonds is 1. The molecule has 0 aliphatic carbocycles. The number of nitrogens with zero attached hydrogens (tertiary/aromatic N) is 2. The Morgan fingerprint density at radius 2 is 2.00 bits per heavy atom. The molecule has 0 aliphatic rings. The Bertz CT molecular complexity index is 548. The number of anilines is 1. The molecule has 0 saturated carbocycles. The van der Waals surface area contributed by atoms with Crippen molar-refractivity contribution in [3.05, 3.63) is 41.2 Å². The van der Waals surface area contributed by atoms with Gasteiger partial charge in [0.2, 0.25) is 0 Å². The van der Waals surface area contributed by atoms with E-state index in [1.807, 2.05) is 0 Å². The van der Waals surface area contributed by atoms with E-state index in [2.05, 4.69) is 5.10 Å². The first kappa shape index (κ1) is 11.8. The van der Waals surface area contributed by atoms with E-state index in [1.165, 1.54) is 24.5 Å². The molecule has 90 valence electrons. The number of hydrogen-bond donors (Lipinski definition) is 1. The fraction of sp³-hybridized carbons (Fsp3) is 0.100. The third kappa shape index (κ3) is 2.36. The summed E-state index contributed by atoms with van der Waals surface area (Å²) in [6.07, 6.45) is -1.94. The van der Waals surface area contributed by atoms with E-state index in [0.717, 1.165) is 10.7 Å². The van der Waals surface area contributed by atoms with E-state index in [9.17, 15) is 13.2 Å². The van der Waals surface area contributed by atoms with Crippen molar-refractivity contribution >= 4 is 17.3 Å². The normalized spacial score (nSPS) is 11.8. The summed E-state index contributed by atoms with van der Waals surface area (Å²) >= 11 is 5.62. The molecule has 1 aromatic heterocycles. The molecule has 0 spiro atoms. The summed E-state index contributed by atoms with van der Waals surface area (Å²) in [7, 11) is 0. The molecule has 0 saturated heterocycles. The van der Waals surface area contributed by atoms with Crippen LogP contribution in [-0.2, 0) is 6.18 Å². The molecule has 1 heterocycles. The molecule has 0 unspecified atom stereocenters. The largest absolute Gasteiger partial charge is 0.418 e. The fourth-order valence-corrected chi connectivity index (χ4v) is 1.55. The topological polar surface area (TPSA) is 43.8 Å². The molecular formula is C10H7ClF3N3. The third-order valence-corrected chi connectivity index (χ3v) is 2.32. The highest BCUT2D eigenvalue weighted by Crippen LogP contribution is 2.35. The van der Waals surface area contributed by atoms with Crippen molar-refractivity contribution in [3.8, 4) is 5.69 Å². The van der Waals surface area contributed by atoms with Crippen molar-refractivity contribution in [1.29, 1.82) is 0 Å². The van der Waals surface area contributed by atoms with Crippen LogP contribution < -0.4 is 5.73 Å². The first-order valence-electron chi connectivity index (χ1n) is 4.55. The second kappa shape index (κ2) is 3.96. The first-order valence-corrected chi connectivity index (χ1v) is 4.93. The number of nitrogens with two attached hydrogens (primary N) is 1. The Morgan fingerprint density at radius 1 is 1.29 bits per heavy atom. The highest BCUT2D eigenvalue weighted by atomic mass is 35.5. The molecule has 2 N–H and O–H groups in total. The van der Waals surface area contributed by atoms with Gasteiger partial charge < -0.3 is 5.73 Å². The van der Waals surface area contributed by atoms with E-state index < -0.39 is 11.7 Å². The lowest BCUT2D eigenvalue weighted by atomic mass is 10.1.